The molecule has 5 heteroatoms. The monoisotopic (exact) mass is 145 g/mol. The van der Waals surface area contributed by atoms with Gasteiger partial charge in [-0.05, 0) is 11.5 Å². The van der Waals surface area contributed by atoms with E-state index in [1.165, 1.54) is 11.5 Å². The first-order valence-corrected chi connectivity index (χ1v) is 3.28. The Morgan fingerprint density at radius 2 is 2.67 bits per heavy atom. The van der Waals surface area contributed by atoms with Crippen LogP contribution in [0.2, 0.25) is 0 Å². The van der Waals surface area contributed by atoms with Crippen molar-refractivity contribution in [1.82, 2.24) is 14.7 Å². The standard InChI is InChI=1S/C4H7N3OS/c1-7(8)2-4-3-9-6-5-4/h3,8H,2H2,1H3. The molecule has 50 valence electrons. The first-order valence-electron chi connectivity index (χ1n) is 2.45. The van der Waals surface area contributed by atoms with Gasteiger partial charge in [-0.3, -0.25) is 0 Å². The van der Waals surface area contributed by atoms with Gasteiger partial charge in [0, 0.05) is 12.4 Å². The van der Waals surface area contributed by atoms with Crippen LogP contribution in [0.3, 0.4) is 0 Å². The van der Waals surface area contributed by atoms with Gasteiger partial charge >= 0.3 is 0 Å². The smallest absolute Gasteiger partial charge is 0.0919 e. The lowest BCUT2D eigenvalue weighted by molar-refractivity contribution is -0.0740. The SMILES string of the molecule is CN(O)Cc1csnn1. The summed E-state index contributed by atoms with van der Waals surface area (Å²) in [5.41, 5.74) is 0.796. The highest BCUT2D eigenvalue weighted by Crippen LogP contribution is 1.98. The van der Waals surface area contributed by atoms with Crippen molar-refractivity contribution < 1.29 is 5.21 Å². The lowest BCUT2D eigenvalue weighted by Crippen LogP contribution is -2.11. The highest BCUT2D eigenvalue weighted by molar-refractivity contribution is 7.03. The third-order valence-electron chi connectivity index (χ3n) is 0.796. The molecule has 0 aliphatic carbocycles. The Balaban J connectivity index is 2.48. The van der Waals surface area contributed by atoms with E-state index in [1.807, 2.05) is 0 Å². The maximum atomic E-state index is 8.69. The van der Waals surface area contributed by atoms with E-state index in [-0.39, 0.29) is 0 Å². The number of hydroxylamine groups is 2. The second-order valence-electron chi connectivity index (χ2n) is 1.71. The predicted octanol–water partition coefficient (Wildman–Crippen LogP) is 0.359. The summed E-state index contributed by atoms with van der Waals surface area (Å²) < 4.78 is 3.63. The van der Waals surface area contributed by atoms with E-state index in [0.717, 1.165) is 10.8 Å². The molecule has 0 fully saturated rings. The van der Waals surface area contributed by atoms with Crippen LogP contribution < -0.4 is 0 Å². The van der Waals surface area contributed by atoms with Crippen LogP contribution in [-0.4, -0.2) is 26.9 Å². The van der Waals surface area contributed by atoms with E-state index in [1.54, 1.807) is 12.4 Å². The summed E-state index contributed by atoms with van der Waals surface area (Å²) in [6.45, 7) is 0.441. The highest BCUT2D eigenvalue weighted by Gasteiger charge is 1.96. The average Bonchev–Trinajstić information content (AvgIpc) is 2.15. The van der Waals surface area contributed by atoms with Gasteiger partial charge in [0.15, 0.2) is 0 Å². The molecule has 1 heterocycles. The molecular formula is C4H7N3OS. The van der Waals surface area contributed by atoms with Crippen LogP contribution in [-0.2, 0) is 6.54 Å². The Morgan fingerprint density at radius 1 is 1.89 bits per heavy atom. The zero-order chi connectivity index (χ0) is 6.69. The van der Waals surface area contributed by atoms with Crippen molar-refractivity contribution in [2.24, 2.45) is 0 Å². The highest BCUT2D eigenvalue weighted by atomic mass is 32.1. The van der Waals surface area contributed by atoms with Crippen LogP contribution in [0.1, 0.15) is 5.69 Å². The van der Waals surface area contributed by atoms with Crippen molar-refractivity contribution in [3.63, 3.8) is 0 Å². The summed E-state index contributed by atoms with van der Waals surface area (Å²) in [7, 11) is 1.57. The van der Waals surface area contributed by atoms with Crippen LogP contribution >= 0.6 is 11.5 Å². The Morgan fingerprint density at radius 3 is 3.11 bits per heavy atom. The molecule has 0 unspecified atom stereocenters. The summed E-state index contributed by atoms with van der Waals surface area (Å²) in [6.07, 6.45) is 0. The van der Waals surface area contributed by atoms with Crippen molar-refractivity contribution in [1.29, 1.82) is 0 Å². The topological polar surface area (TPSA) is 49.2 Å². The summed E-state index contributed by atoms with van der Waals surface area (Å²) in [5.74, 6) is 0. The number of aromatic nitrogens is 2. The van der Waals surface area contributed by atoms with Gasteiger partial charge in [0.05, 0.1) is 12.2 Å². The lowest BCUT2D eigenvalue weighted by Gasteiger charge is -2.02. The number of nitrogens with zero attached hydrogens (tertiary/aromatic N) is 3. The molecule has 0 aromatic carbocycles. The number of hydrogen-bond donors (Lipinski definition) is 1. The van der Waals surface area contributed by atoms with Crippen LogP contribution in [0, 0.1) is 0 Å². The van der Waals surface area contributed by atoms with Crippen molar-refractivity contribution in [3.05, 3.63) is 11.1 Å². The largest absolute Gasteiger partial charge is 0.314 e. The van der Waals surface area contributed by atoms with Gasteiger partial charge in [-0.2, -0.15) is 5.06 Å². The van der Waals surface area contributed by atoms with Crippen molar-refractivity contribution in [2.75, 3.05) is 7.05 Å². The molecule has 0 saturated heterocycles. The molecule has 0 saturated carbocycles. The van der Waals surface area contributed by atoms with E-state index in [4.69, 9.17) is 5.21 Å². The summed E-state index contributed by atoms with van der Waals surface area (Å²) in [5, 5.41) is 15.3. The minimum Gasteiger partial charge on any atom is -0.314 e. The molecule has 1 rings (SSSR count). The van der Waals surface area contributed by atoms with Crippen LogP contribution in [0.25, 0.3) is 0 Å². The van der Waals surface area contributed by atoms with E-state index in [9.17, 15) is 0 Å². The molecule has 1 aromatic heterocycles. The number of hydrogen-bond acceptors (Lipinski definition) is 5. The quantitative estimate of drug-likeness (QED) is 0.610. The number of rotatable bonds is 2. The fourth-order valence-corrected chi connectivity index (χ4v) is 0.930. The maximum absolute atomic E-state index is 8.69. The molecule has 0 amide bonds. The van der Waals surface area contributed by atoms with Gasteiger partial charge in [0.2, 0.25) is 0 Å². The molecule has 0 bridgehead atoms. The van der Waals surface area contributed by atoms with Crippen molar-refractivity contribution in [2.45, 2.75) is 6.54 Å². The molecule has 9 heavy (non-hydrogen) atoms. The molecule has 4 nitrogen and oxygen atoms in total. The minimum absolute atomic E-state index is 0.441. The first-order chi connectivity index (χ1) is 4.29. The van der Waals surface area contributed by atoms with Gasteiger partial charge < -0.3 is 5.21 Å². The second-order valence-corrected chi connectivity index (χ2v) is 2.32. The summed E-state index contributed by atoms with van der Waals surface area (Å²) in [4.78, 5) is 0. The molecule has 0 spiro atoms. The van der Waals surface area contributed by atoms with Gasteiger partial charge in [0.1, 0.15) is 0 Å². The Hall–Kier alpha value is -0.520. The zero-order valence-electron chi connectivity index (χ0n) is 4.98. The molecule has 0 aliphatic heterocycles. The molecule has 0 aliphatic rings. The lowest BCUT2D eigenvalue weighted by atomic mass is 10.5. The molecule has 0 atom stereocenters. The van der Waals surface area contributed by atoms with Gasteiger partial charge in [-0.25, -0.2) is 0 Å². The van der Waals surface area contributed by atoms with E-state index in [0.29, 0.717) is 6.54 Å². The zero-order valence-corrected chi connectivity index (χ0v) is 5.80. The third-order valence-corrected chi connectivity index (χ3v) is 1.35. The maximum Gasteiger partial charge on any atom is 0.0919 e. The van der Waals surface area contributed by atoms with Crippen LogP contribution in [0.4, 0.5) is 0 Å². The predicted molar refractivity (Wildman–Crippen MR) is 33.2 cm³/mol. The molecule has 1 N–H and O–H groups in total. The van der Waals surface area contributed by atoms with E-state index >= 15 is 0 Å². The van der Waals surface area contributed by atoms with Crippen molar-refractivity contribution in [3.8, 4) is 0 Å². The fraction of sp³-hybridized carbons (Fsp3) is 0.500. The molecular weight excluding hydrogens is 138 g/mol. The minimum atomic E-state index is 0.441. The molecule has 0 radical (unpaired) electrons. The second kappa shape index (κ2) is 2.86. The summed E-state index contributed by atoms with van der Waals surface area (Å²) >= 11 is 1.28. The third kappa shape index (κ3) is 2.05. The molecule has 1 aromatic rings. The summed E-state index contributed by atoms with van der Waals surface area (Å²) in [6, 6.07) is 0. The van der Waals surface area contributed by atoms with Crippen LogP contribution in [0.5, 0.6) is 0 Å². The normalized spacial score (nSPS) is 10.6. The van der Waals surface area contributed by atoms with Gasteiger partial charge in [-0.15, -0.1) is 5.10 Å². The first kappa shape index (κ1) is 6.60. The van der Waals surface area contributed by atoms with Crippen molar-refractivity contribution >= 4 is 11.5 Å². The van der Waals surface area contributed by atoms with E-state index in [2.05, 4.69) is 9.59 Å². The Labute approximate surface area is 56.9 Å². The Bertz CT molecular complexity index is 162. The van der Waals surface area contributed by atoms with E-state index < -0.39 is 0 Å². The van der Waals surface area contributed by atoms with Crippen LogP contribution in [0.15, 0.2) is 5.38 Å². The van der Waals surface area contributed by atoms with Gasteiger partial charge in [0.25, 0.3) is 0 Å². The fourth-order valence-electron chi connectivity index (χ4n) is 0.487. The van der Waals surface area contributed by atoms with Gasteiger partial charge in [-0.1, -0.05) is 4.49 Å². The Kier molecular flexibility index (Phi) is 2.10. The average molecular weight is 145 g/mol.